The van der Waals surface area contributed by atoms with Crippen molar-refractivity contribution in [2.75, 3.05) is 6.54 Å². The summed E-state index contributed by atoms with van der Waals surface area (Å²) >= 11 is 0. The Labute approximate surface area is 198 Å². The highest BCUT2D eigenvalue weighted by atomic mass is 19.1. The van der Waals surface area contributed by atoms with E-state index in [1.807, 2.05) is 61.5 Å². The van der Waals surface area contributed by atoms with Gasteiger partial charge in [0.1, 0.15) is 12.2 Å². The summed E-state index contributed by atoms with van der Waals surface area (Å²) in [5, 5.41) is 6.40. The Morgan fingerprint density at radius 3 is 2.35 bits per heavy atom. The summed E-state index contributed by atoms with van der Waals surface area (Å²) in [4.78, 5) is 27.4. The van der Waals surface area contributed by atoms with Gasteiger partial charge in [0.2, 0.25) is 11.8 Å². The van der Waals surface area contributed by atoms with E-state index in [1.165, 1.54) is 17.3 Å². The van der Waals surface area contributed by atoms with Gasteiger partial charge in [0.25, 0.3) is 0 Å². The van der Waals surface area contributed by atoms with Crippen LogP contribution < -0.4 is 22.6 Å². The van der Waals surface area contributed by atoms with Crippen LogP contribution in [0.5, 0.6) is 0 Å². The Kier molecular flexibility index (Phi) is 8.37. The maximum atomic E-state index is 14.3. The summed E-state index contributed by atoms with van der Waals surface area (Å²) in [6.45, 7) is 1.74. The van der Waals surface area contributed by atoms with Crippen LogP contribution in [0.3, 0.4) is 0 Å². The number of likely N-dealkylation sites (tertiary alicyclic amines) is 1. The second-order valence-electron chi connectivity index (χ2n) is 8.40. The van der Waals surface area contributed by atoms with E-state index < -0.39 is 30.1 Å². The summed E-state index contributed by atoms with van der Waals surface area (Å²) in [6, 6.07) is 15.6. The van der Waals surface area contributed by atoms with E-state index in [0.717, 1.165) is 16.7 Å². The molecule has 1 heterocycles. The zero-order valence-electron chi connectivity index (χ0n) is 19.1. The summed E-state index contributed by atoms with van der Waals surface area (Å²) in [6.07, 6.45) is 0.967. The zero-order valence-corrected chi connectivity index (χ0v) is 19.1. The van der Waals surface area contributed by atoms with Gasteiger partial charge >= 0.3 is 0 Å². The molecule has 0 radical (unpaired) electrons. The van der Waals surface area contributed by atoms with Crippen molar-refractivity contribution in [3.8, 4) is 0 Å². The van der Waals surface area contributed by atoms with Gasteiger partial charge in [-0.05, 0) is 35.4 Å². The minimum atomic E-state index is -1.30. The maximum Gasteiger partial charge on any atom is 0.243 e. The topological polar surface area (TPSA) is 140 Å². The lowest BCUT2D eigenvalue weighted by Crippen LogP contribution is -2.47. The number of hydrazone groups is 1. The molecule has 9 heteroatoms. The molecule has 0 aliphatic carbocycles. The lowest BCUT2D eigenvalue weighted by molar-refractivity contribution is -0.138. The number of carbonyl (C=O) groups excluding carboxylic acids is 2. The number of rotatable bonds is 8. The largest absolute Gasteiger partial charge is 0.404 e. The van der Waals surface area contributed by atoms with Crippen molar-refractivity contribution >= 4 is 18.0 Å². The van der Waals surface area contributed by atoms with Crippen LogP contribution in [0.1, 0.15) is 48.5 Å². The van der Waals surface area contributed by atoms with Gasteiger partial charge in [0.15, 0.2) is 0 Å². The second-order valence-corrected chi connectivity index (χ2v) is 8.40. The van der Waals surface area contributed by atoms with E-state index in [0.29, 0.717) is 5.57 Å². The number of alkyl halides is 1. The van der Waals surface area contributed by atoms with Crippen molar-refractivity contribution in [3.05, 3.63) is 83.1 Å². The van der Waals surface area contributed by atoms with Crippen LogP contribution >= 0.6 is 0 Å². The molecule has 0 spiro atoms. The molecular weight excluding hydrogens is 435 g/mol. The van der Waals surface area contributed by atoms with Gasteiger partial charge in [-0.2, -0.15) is 5.10 Å². The quantitative estimate of drug-likeness (QED) is 0.268. The average molecular weight is 467 g/mol. The van der Waals surface area contributed by atoms with Gasteiger partial charge < -0.3 is 27.5 Å². The lowest BCUT2D eigenvalue weighted by atomic mass is 9.96. The average Bonchev–Trinajstić information content (AvgIpc) is 3.24. The molecule has 1 aliphatic rings. The minimum Gasteiger partial charge on any atom is -0.404 e. The molecule has 34 heavy (non-hydrogen) atoms. The molecule has 1 fully saturated rings. The number of nitrogens with two attached hydrogens (primary N) is 3. The van der Waals surface area contributed by atoms with Crippen LogP contribution in [0.25, 0.3) is 0 Å². The van der Waals surface area contributed by atoms with Gasteiger partial charge in [-0.3, -0.25) is 9.59 Å². The van der Waals surface area contributed by atoms with Crippen LogP contribution in [0, 0.1) is 0 Å². The predicted molar refractivity (Wildman–Crippen MR) is 130 cm³/mol. The molecule has 8 nitrogen and oxygen atoms in total. The third kappa shape index (κ3) is 5.99. The number of nitrogens with zero attached hydrogens (tertiary/aromatic N) is 2. The van der Waals surface area contributed by atoms with Crippen molar-refractivity contribution in [1.29, 1.82) is 0 Å². The Morgan fingerprint density at radius 2 is 1.76 bits per heavy atom. The summed E-state index contributed by atoms with van der Waals surface area (Å²) in [5.74, 6) is 4.29. The molecular formula is C25H31FN6O2. The van der Waals surface area contributed by atoms with Crippen LogP contribution in [-0.2, 0) is 9.59 Å². The van der Waals surface area contributed by atoms with E-state index >= 15 is 0 Å². The SMILES string of the molecule is CC(N)c1ccc([C@@H](NC(=O)[C@@H]2C[C@@H](F)CN2C(=O)CC(=C/N)/C=N/N)c2ccccc2)cc1. The molecule has 2 aromatic carbocycles. The predicted octanol–water partition coefficient (Wildman–Crippen LogP) is 2.03. The van der Waals surface area contributed by atoms with Gasteiger partial charge in [-0.1, -0.05) is 54.6 Å². The molecule has 7 N–H and O–H groups in total. The van der Waals surface area contributed by atoms with Crippen molar-refractivity contribution in [2.24, 2.45) is 22.4 Å². The number of benzene rings is 2. The molecule has 180 valence electrons. The van der Waals surface area contributed by atoms with E-state index in [4.69, 9.17) is 17.3 Å². The second kappa shape index (κ2) is 11.4. The summed E-state index contributed by atoms with van der Waals surface area (Å²) < 4.78 is 14.3. The molecule has 0 aromatic heterocycles. The fourth-order valence-electron chi connectivity index (χ4n) is 4.06. The normalized spacial score (nSPS) is 20.3. The van der Waals surface area contributed by atoms with Crippen molar-refractivity contribution in [2.45, 2.75) is 44.1 Å². The molecule has 1 unspecified atom stereocenters. The molecule has 3 rings (SSSR count). The monoisotopic (exact) mass is 466 g/mol. The van der Waals surface area contributed by atoms with Crippen LogP contribution in [0.4, 0.5) is 4.39 Å². The Balaban J connectivity index is 1.84. The highest BCUT2D eigenvalue weighted by molar-refractivity contribution is 5.93. The van der Waals surface area contributed by atoms with Crippen molar-refractivity contribution < 1.29 is 14.0 Å². The van der Waals surface area contributed by atoms with Crippen LogP contribution in [0.15, 0.2) is 71.5 Å². The zero-order chi connectivity index (χ0) is 24.7. The number of halogens is 1. The first-order valence-corrected chi connectivity index (χ1v) is 11.1. The van der Waals surface area contributed by atoms with E-state index in [9.17, 15) is 14.0 Å². The van der Waals surface area contributed by atoms with Crippen molar-refractivity contribution in [3.63, 3.8) is 0 Å². The molecule has 0 saturated carbocycles. The third-order valence-corrected chi connectivity index (χ3v) is 5.90. The molecule has 2 amide bonds. The Hall–Kier alpha value is -3.72. The molecule has 4 atom stereocenters. The first-order valence-electron chi connectivity index (χ1n) is 11.1. The molecule has 0 bridgehead atoms. The Bertz CT molecular complexity index is 1040. The number of nitrogens with one attached hydrogen (secondary N) is 1. The molecule has 1 saturated heterocycles. The van der Waals surface area contributed by atoms with Crippen LogP contribution in [0.2, 0.25) is 0 Å². The smallest absolute Gasteiger partial charge is 0.243 e. The van der Waals surface area contributed by atoms with Gasteiger partial charge in [0, 0.05) is 12.5 Å². The van der Waals surface area contributed by atoms with E-state index in [2.05, 4.69) is 10.4 Å². The van der Waals surface area contributed by atoms with Crippen molar-refractivity contribution in [1.82, 2.24) is 10.2 Å². The number of hydrogen-bond acceptors (Lipinski definition) is 6. The van der Waals surface area contributed by atoms with Crippen LogP contribution in [-0.4, -0.2) is 41.7 Å². The van der Waals surface area contributed by atoms with E-state index in [1.54, 1.807) is 0 Å². The minimum absolute atomic E-state index is 0.0740. The lowest BCUT2D eigenvalue weighted by Gasteiger charge is -2.27. The highest BCUT2D eigenvalue weighted by Crippen LogP contribution is 2.27. The van der Waals surface area contributed by atoms with E-state index in [-0.39, 0.29) is 25.4 Å². The molecule has 2 aromatic rings. The maximum absolute atomic E-state index is 14.3. The fourth-order valence-corrected chi connectivity index (χ4v) is 4.06. The first kappa shape index (κ1) is 24.9. The van der Waals surface area contributed by atoms with Gasteiger partial charge in [-0.15, -0.1) is 0 Å². The van der Waals surface area contributed by atoms with Gasteiger partial charge in [-0.25, -0.2) is 4.39 Å². The number of carbonyl (C=O) groups is 2. The third-order valence-electron chi connectivity index (χ3n) is 5.90. The standard InChI is InChI=1S/C25H31FN6O2/c1-16(28)18-7-9-20(10-8-18)24(19-5-3-2-4-6-19)31-25(34)22-12-21(26)15-32(22)23(33)11-17(13-27)14-30-29/h2-10,13-14,16,21-22,24H,11-12,15,27-29H2,1H3,(H,31,34)/b17-13-,30-14+/t16?,21-,22+,24+/m1/s1. The number of amides is 2. The Morgan fingerprint density at radius 1 is 1.15 bits per heavy atom. The number of hydrogen-bond donors (Lipinski definition) is 4. The summed E-state index contributed by atoms with van der Waals surface area (Å²) in [7, 11) is 0. The summed E-state index contributed by atoms with van der Waals surface area (Å²) in [5.41, 5.74) is 14.5. The first-order chi connectivity index (χ1) is 16.3. The molecule has 1 aliphatic heterocycles. The fraction of sp³-hybridized carbons (Fsp3) is 0.320. The highest BCUT2D eigenvalue weighted by Gasteiger charge is 2.40. The van der Waals surface area contributed by atoms with Gasteiger partial charge in [0.05, 0.1) is 25.2 Å².